The number of nitrogens with zero attached hydrogens (tertiary/aromatic N) is 8. The first-order valence-corrected chi connectivity index (χ1v) is 35.7. The summed E-state index contributed by atoms with van der Waals surface area (Å²) in [5, 5.41) is 6.70. The van der Waals surface area contributed by atoms with E-state index < -0.39 is 0 Å². The van der Waals surface area contributed by atoms with Crippen LogP contribution in [0.15, 0.2) is 364 Å². The van der Waals surface area contributed by atoms with Crippen LogP contribution in [0.1, 0.15) is 11.4 Å². The highest BCUT2D eigenvalue weighted by Gasteiger charge is 2.19. The zero-order valence-corrected chi connectivity index (χ0v) is 58.2. The topological polar surface area (TPSA) is 103 Å². The van der Waals surface area contributed by atoms with Gasteiger partial charge in [0.05, 0.1) is 56.2 Å². The van der Waals surface area contributed by atoms with Crippen LogP contribution >= 0.6 is 0 Å². The van der Waals surface area contributed by atoms with E-state index >= 15 is 0 Å². The first-order valence-electron chi connectivity index (χ1n) is 35.7. The fourth-order valence-electron chi connectivity index (χ4n) is 14.2. The van der Waals surface area contributed by atoms with Crippen LogP contribution in [-0.2, 0) is 0 Å². The van der Waals surface area contributed by atoms with Crippen LogP contribution in [0, 0.1) is 13.8 Å². The number of pyridine rings is 4. The molecule has 0 amide bonds. The molecule has 8 heteroatoms. The molecule has 0 aliphatic rings. The Morgan fingerprint density at radius 3 is 0.868 bits per heavy atom. The fraction of sp³-hybridized carbons (Fsp3) is 0.0204. The van der Waals surface area contributed by atoms with Crippen molar-refractivity contribution >= 4 is 54.4 Å². The monoisotopic (exact) mass is 1350 g/mol. The van der Waals surface area contributed by atoms with Crippen LogP contribution in [0.25, 0.3) is 189 Å². The lowest BCUT2D eigenvalue weighted by molar-refractivity contribution is 1.18. The summed E-state index contributed by atoms with van der Waals surface area (Å²) in [5.74, 6) is 1.38. The Morgan fingerprint density at radius 2 is 0.443 bits per heavy atom. The molecule has 106 heavy (non-hydrogen) atoms. The average Bonchev–Trinajstić information content (AvgIpc) is 0.762. The average molecular weight is 1360 g/mol. The molecule has 0 aliphatic carbocycles. The van der Waals surface area contributed by atoms with E-state index in [4.69, 9.17) is 39.9 Å². The van der Waals surface area contributed by atoms with Crippen molar-refractivity contribution in [1.82, 2.24) is 39.9 Å². The molecular formula is C98H66N8. The van der Waals surface area contributed by atoms with Gasteiger partial charge in [-0.05, 0) is 112 Å². The Hall–Kier alpha value is -14.1. The van der Waals surface area contributed by atoms with Crippen molar-refractivity contribution in [3.63, 3.8) is 0 Å². The molecule has 6 aromatic heterocycles. The Labute approximate surface area is 614 Å². The lowest BCUT2D eigenvalue weighted by atomic mass is 9.96. The van der Waals surface area contributed by atoms with E-state index in [0.717, 1.165) is 156 Å². The first kappa shape index (κ1) is 64.0. The van der Waals surface area contributed by atoms with Crippen LogP contribution in [0.3, 0.4) is 0 Å². The first-order chi connectivity index (χ1) is 52.3. The second-order valence-electron chi connectivity index (χ2n) is 26.7. The molecular weight excluding hydrogens is 1290 g/mol. The molecule has 498 valence electrons. The van der Waals surface area contributed by atoms with E-state index in [1.807, 2.05) is 73.7 Å². The number of fused-ring (bicyclic) bond motifs is 7. The number of aromatic nitrogens is 8. The Kier molecular flexibility index (Phi) is 16.9. The molecule has 0 atom stereocenters. The highest BCUT2D eigenvalue weighted by molar-refractivity contribution is 6.10. The van der Waals surface area contributed by atoms with Crippen molar-refractivity contribution in [2.75, 3.05) is 0 Å². The Bertz CT molecular complexity index is 6460. The van der Waals surface area contributed by atoms with E-state index in [1.165, 1.54) is 33.0 Å². The summed E-state index contributed by atoms with van der Waals surface area (Å²) in [6.45, 7) is 4.11. The van der Waals surface area contributed by atoms with Crippen LogP contribution in [0.2, 0.25) is 0 Å². The number of hydrogen-bond donors (Lipinski definition) is 0. The second kappa shape index (κ2) is 28.0. The minimum Gasteiger partial charge on any atom is -0.251 e. The summed E-state index contributed by atoms with van der Waals surface area (Å²) in [6.07, 6.45) is 0. The van der Waals surface area contributed by atoms with Crippen molar-refractivity contribution < 1.29 is 0 Å². The third-order valence-electron chi connectivity index (χ3n) is 19.7. The molecule has 19 aromatic rings. The van der Waals surface area contributed by atoms with E-state index in [-0.39, 0.29) is 0 Å². The zero-order valence-electron chi connectivity index (χ0n) is 58.2. The van der Waals surface area contributed by atoms with Gasteiger partial charge in [0.1, 0.15) is 0 Å². The van der Waals surface area contributed by atoms with Gasteiger partial charge in [-0.15, -0.1) is 0 Å². The lowest BCUT2D eigenvalue weighted by Gasteiger charge is -2.13. The van der Waals surface area contributed by atoms with Crippen molar-refractivity contribution in [1.29, 1.82) is 0 Å². The molecule has 0 fully saturated rings. The molecule has 0 saturated carbocycles. The maximum atomic E-state index is 5.22. The van der Waals surface area contributed by atoms with Crippen LogP contribution in [0.5, 0.6) is 0 Å². The molecule has 0 aliphatic heterocycles. The molecule has 0 radical (unpaired) electrons. The smallest absolute Gasteiger partial charge is 0.160 e. The van der Waals surface area contributed by atoms with Crippen LogP contribution in [0.4, 0.5) is 0 Å². The maximum Gasteiger partial charge on any atom is 0.160 e. The number of benzene rings is 13. The molecule has 0 spiro atoms. The summed E-state index contributed by atoms with van der Waals surface area (Å²) >= 11 is 0. The summed E-state index contributed by atoms with van der Waals surface area (Å²) in [4.78, 5) is 40.7. The zero-order chi connectivity index (χ0) is 70.9. The van der Waals surface area contributed by atoms with E-state index in [0.29, 0.717) is 11.6 Å². The van der Waals surface area contributed by atoms with Gasteiger partial charge < -0.3 is 0 Å². The maximum absolute atomic E-state index is 5.22. The van der Waals surface area contributed by atoms with E-state index in [9.17, 15) is 0 Å². The normalized spacial score (nSPS) is 11.3. The van der Waals surface area contributed by atoms with Crippen molar-refractivity contribution in [3.8, 4) is 135 Å². The van der Waals surface area contributed by atoms with Crippen LogP contribution in [-0.4, -0.2) is 39.9 Å². The third kappa shape index (κ3) is 13.0. The van der Waals surface area contributed by atoms with Gasteiger partial charge in [0.15, 0.2) is 11.6 Å². The van der Waals surface area contributed by atoms with Gasteiger partial charge in [-0.3, -0.25) is 9.97 Å². The quantitative estimate of drug-likeness (QED) is 0.111. The highest BCUT2D eigenvalue weighted by atomic mass is 14.9. The van der Waals surface area contributed by atoms with Crippen LogP contribution < -0.4 is 0 Å². The van der Waals surface area contributed by atoms with Crippen molar-refractivity contribution in [3.05, 3.63) is 375 Å². The predicted octanol–water partition coefficient (Wildman–Crippen LogP) is 24.9. The van der Waals surface area contributed by atoms with Gasteiger partial charge in [0, 0.05) is 77.4 Å². The minimum absolute atomic E-state index is 0.685. The van der Waals surface area contributed by atoms with Gasteiger partial charge in [-0.2, -0.15) is 0 Å². The van der Waals surface area contributed by atoms with Gasteiger partial charge in [0.25, 0.3) is 0 Å². The number of rotatable bonds is 12. The lowest BCUT2D eigenvalue weighted by Crippen LogP contribution is -1.96. The molecule has 8 nitrogen and oxygen atoms in total. The number of aryl methyl sites for hydroxylation is 2. The molecule has 0 saturated heterocycles. The van der Waals surface area contributed by atoms with Gasteiger partial charge in [0.2, 0.25) is 0 Å². The summed E-state index contributed by atoms with van der Waals surface area (Å²) in [7, 11) is 0. The van der Waals surface area contributed by atoms with E-state index in [2.05, 4.69) is 304 Å². The van der Waals surface area contributed by atoms with E-state index in [1.54, 1.807) is 0 Å². The molecule has 0 bridgehead atoms. The van der Waals surface area contributed by atoms with Gasteiger partial charge in [-0.1, -0.05) is 322 Å². The fourth-order valence-corrected chi connectivity index (χ4v) is 14.2. The number of hydrogen-bond acceptors (Lipinski definition) is 8. The summed E-state index contributed by atoms with van der Waals surface area (Å²) in [6, 6.07) is 127. The largest absolute Gasteiger partial charge is 0.251 e. The van der Waals surface area contributed by atoms with Gasteiger partial charge in [-0.25, -0.2) is 29.9 Å². The third-order valence-corrected chi connectivity index (χ3v) is 19.7. The SMILES string of the molecule is Cc1cc(-c2ccc(-c3cc(-c4ccc(-c5ccccc5)cc4)nc(-c4ccccc4)n3)cc2)c2ccc3ccc(-c4ccc5ccccc5c4)nc3c2n1.Cc1cc(-c2ccc(-c3nc(-c4ccccc4)cc(-c4ccc(-c5ccccc5)cc4)n3)cc2)c2ccc3ccc(-c4ccccc4)nc3c2n1. The molecule has 13 aromatic carbocycles. The standard InChI is InChI=1S/C51H34N4.C47H32N4/c1-33-30-45(44-28-26-40-27-29-46(53-49(40)50(44)52-33)43-25-18-35-12-8-9-15-42(35)31-43)37-19-23-39(24-20-37)48-32-47(54-51(55-48)41-13-6-3-7-14-41)38-21-16-36(17-22-38)34-10-4-2-5-11-34;1-31-29-41(40-27-25-38-26-28-42(35-13-7-3-8-14-35)49-45(38)46(40)48-31)34-19-23-39(24-20-34)47-50-43(36-15-9-4-10-16-36)30-44(51-47)37-21-17-33(18-22-37)32-11-5-2-6-12-32/h2-32H,1H3;2-30H,1H3. The van der Waals surface area contributed by atoms with Crippen molar-refractivity contribution in [2.45, 2.75) is 13.8 Å². The molecule has 19 rings (SSSR count). The second-order valence-corrected chi connectivity index (χ2v) is 26.7. The Morgan fingerprint density at radius 1 is 0.160 bits per heavy atom. The predicted molar refractivity (Wildman–Crippen MR) is 437 cm³/mol. The van der Waals surface area contributed by atoms with Crippen molar-refractivity contribution in [2.24, 2.45) is 0 Å². The summed E-state index contributed by atoms with van der Waals surface area (Å²) in [5.41, 5.74) is 28.4. The molecule has 6 heterocycles. The minimum atomic E-state index is 0.685. The highest BCUT2D eigenvalue weighted by Crippen LogP contribution is 2.39. The van der Waals surface area contributed by atoms with Gasteiger partial charge >= 0.3 is 0 Å². The molecule has 0 unspecified atom stereocenters. The Balaban J connectivity index is 0.000000151. The molecule has 0 N–H and O–H groups in total. The summed E-state index contributed by atoms with van der Waals surface area (Å²) < 4.78 is 0.